The first-order valence-corrected chi connectivity index (χ1v) is 46.0. The molecule has 1 aliphatic rings. The van der Waals surface area contributed by atoms with Gasteiger partial charge in [-0.25, -0.2) is 10.3 Å². The molecule has 5 rings (SSSR count). The Labute approximate surface area is 653 Å². The minimum absolute atomic E-state index is 0.596. The minimum Gasteiger partial charge on any atom is -0.490 e. The zero-order valence-corrected chi connectivity index (χ0v) is 69.9. The summed E-state index contributed by atoms with van der Waals surface area (Å²) in [5.74, 6) is 5.03. The van der Waals surface area contributed by atoms with E-state index in [1.54, 1.807) is 0 Å². The number of unbranched alkanes of at least 4 members (excludes halogenated alkanes) is 54. The number of fused-ring (bicyclic) bond motifs is 1. The summed E-state index contributed by atoms with van der Waals surface area (Å²) in [6, 6.07) is 25.9. The summed E-state index contributed by atoms with van der Waals surface area (Å²) in [6.45, 7) is 17.6. The fourth-order valence-electron chi connectivity index (χ4n) is 14.9. The average molecular weight is 1470 g/mol. The van der Waals surface area contributed by atoms with Crippen LogP contribution in [-0.4, -0.2) is 45.5 Å². The van der Waals surface area contributed by atoms with Crippen molar-refractivity contribution in [1.82, 2.24) is 5.32 Å². The Morgan fingerprint density at radius 1 is 0.236 bits per heavy atom. The number of anilines is 2. The second-order valence-electron chi connectivity index (χ2n) is 31.7. The molecule has 1 heterocycles. The van der Waals surface area contributed by atoms with Crippen LogP contribution in [-0.2, 0) is 0 Å². The SMILES string of the molecule is CCCCCCCCCCCCOc1cc(C2=NN(c3ccccc3)c3ccc(-c4cc(OCCCCCCCCCCCC)c(OCCCCCCCCCCCC)c(OCCCCCCCCCCCC)c4)cc3[N]2)cc(OCCCCCCCCCCCC)c1OCCCCCCCCCCCC. The Hall–Kier alpha value is -5.05. The lowest BCUT2D eigenvalue weighted by Crippen LogP contribution is -2.26. The monoisotopic (exact) mass is 1470 g/mol. The van der Waals surface area contributed by atoms with E-state index in [-0.39, 0.29) is 0 Å². The lowest BCUT2D eigenvalue weighted by atomic mass is 10.0. The van der Waals surface area contributed by atoms with E-state index in [4.69, 9.17) is 38.8 Å². The van der Waals surface area contributed by atoms with Crippen LogP contribution in [0.4, 0.5) is 17.1 Å². The van der Waals surface area contributed by atoms with Crippen LogP contribution >= 0.6 is 0 Å². The molecule has 0 N–H and O–H groups in total. The van der Waals surface area contributed by atoms with Crippen molar-refractivity contribution in [3.63, 3.8) is 0 Å². The summed E-state index contributed by atoms with van der Waals surface area (Å²) < 4.78 is 41.8. The van der Waals surface area contributed by atoms with Crippen molar-refractivity contribution in [2.24, 2.45) is 5.10 Å². The molecule has 0 fully saturated rings. The van der Waals surface area contributed by atoms with Crippen LogP contribution in [0.1, 0.15) is 432 Å². The van der Waals surface area contributed by atoms with E-state index in [2.05, 4.69) is 119 Å². The predicted molar refractivity (Wildman–Crippen MR) is 459 cm³/mol. The lowest BCUT2D eigenvalue weighted by molar-refractivity contribution is 0.234. The predicted octanol–water partition coefficient (Wildman–Crippen LogP) is 31.9. The van der Waals surface area contributed by atoms with Gasteiger partial charge in [0, 0.05) is 5.56 Å². The second kappa shape index (κ2) is 64.7. The molecule has 0 amide bonds. The van der Waals surface area contributed by atoms with Crippen molar-refractivity contribution in [2.45, 2.75) is 427 Å². The van der Waals surface area contributed by atoms with Crippen LogP contribution < -0.4 is 38.7 Å². The molecular weight excluding hydrogens is 1300 g/mol. The van der Waals surface area contributed by atoms with Gasteiger partial charge in [0.15, 0.2) is 28.8 Å². The summed E-state index contributed by atoms with van der Waals surface area (Å²) in [5, 5.41) is 13.1. The number of amidine groups is 1. The maximum Gasteiger partial charge on any atom is 0.203 e. The third-order valence-corrected chi connectivity index (χ3v) is 21.8. The van der Waals surface area contributed by atoms with Crippen molar-refractivity contribution in [3.8, 4) is 45.6 Å². The van der Waals surface area contributed by atoms with Gasteiger partial charge in [-0.1, -0.05) is 413 Å². The van der Waals surface area contributed by atoms with Gasteiger partial charge >= 0.3 is 0 Å². The Morgan fingerprint density at radius 2 is 0.481 bits per heavy atom. The summed E-state index contributed by atoms with van der Waals surface area (Å²) >= 11 is 0. The van der Waals surface area contributed by atoms with Crippen LogP contribution in [0.5, 0.6) is 34.5 Å². The number of nitrogens with zero attached hydrogens (tertiary/aromatic N) is 3. The first kappa shape index (κ1) is 91.6. The molecule has 0 spiro atoms. The van der Waals surface area contributed by atoms with Gasteiger partial charge < -0.3 is 28.4 Å². The van der Waals surface area contributed by atoms with Crippen molar-refractivity contribution in [3.05, 3.63) is 78.4 Å². The molecule has 4 aromatic rings. The van der Waals surface area contributed by atoms with Gasteiger partial charge in [0.25, 0.3) is 0 Å². The summed E-state index contributed by atoms with van der Waals surface area (Å²) in [4.78, 5) is 0. The smallest absolute Gasteiger partial charge is 0.203 e. The van der Waals surface area contributed by atoms with E-state index in [0.717, 1.165) is 122 Å². The van der Waals surface area contributed by atoms with Crippen molar-refractivity contribution >= 4 is 22.9 Å². The minimum atomic E-state index is 0.596. The number of ether oxygens (including phenoxy) is 6. The molecule has 0 atom stereocenters. The fourth-order valence-corrected chi connectivity index (χ4v) is 14.9. The number of benzene rings is 4. The molecule has 0 bridgehead atoms. The van der Waals surface area contributed by atoms with Crippen LogP contribution in [0.15, 0.2) is 77.9 Å². The largest absolute Gasteiger partial charge is 0.490 e. The van der Waals surface area contributed by atoms with Crippen molar-refractivity contribution in [1.29, 1.82) is 0 Å². The van der Waals surface area contributed by atoms with Gasteiger partial charge in [0.1, 0.15) is 0 Å². The zero-order valence-electron chi connectivity index (χ0n) is 69.9. The highest BCUT2D eigenvalue weighted by atomic mass is 16.5. The molecule has 0 aliphatic carbocycles. The average Bonchev–Trinajstić information content (AvgIpc) is 0.765. The molecule has 0 saturated carbocycles. The molecule has 0 unspecified atom stereocenters. The highest BCUT2D eigenvalue weighted by Gasteiger charge is 2.28. The van der Waals surface area contributed by atoms with Gasteiger partial charge in [-0.3, -0.25) is 0 Å². The van der Waals surface area contributed by atoms with Crippen molar-refractivity contribution in [2.75, 3.05) is 44.7 Å². The summed E-state index contributed by atoms with van der Waals surface area (Å²) in [6.07, 6.45) is 76.6. The highest BCUT2D eigenvalue weighted by Crippen LogP contribution is 2.46. The van der Waals surface area contributed by atoms with E-state index in [1.807, 2.05) is 0 Å². The van der Waals surface area contributed by atoms with E-state index in [9.17, 15) is 0 Å². The third kappa shape index (κ3) is 42.2. The molecule has 0 saturated heterocycles. The second-order valence-corrected chi connectivity index (χ2v) is 31.7. The van der Waals surface area contributed by atoms with Gasteiger partial charge in [-0.05, 0) is 98.2 Å². The molecule has 601 valence electrons. The molecular formula is C97H162N3O6. The Kier molecular flexibility index (Phi) is 55.9. The third-order valence-electron chi connectivity index (χ3n) is 21.8. The number of hydrogen-bond acceptors (Lipinski definition) is 8. The zero-order chi connectivity index (χ0) is 74.9. The normalized spacial score (nSPS) is 12.0. The Balaban J connectivity index is 1.50. The summed E-state index contributed by atoms with van der Waals surface area (Å²) in [7, 11) is 0. The van der Waals surface area contributed by atoms with Gasteiger partial charge in [0.2, 0.25) is 11.5 Å². The van der Waals surface area contributed by atoms with Gasteiger partial charge in [0.05, 0.1) is 56.7 Å². The molecule has 9 nitrogen and oxygen atoms in total. The van der Waals surface area contributed by atoms with Crippen LogP contribution in [0, 0.1) is 0 Å². The molecule has 4 aromatic carbocycles. The molecule has 1 aliphatic heterocycles. The highest BCUT2D eigenvalue weighted by molar-refractivity contribution is 6.06. The van der Waals surface area contributed by atoms with Gasteiger partial charge in [-0.2, -0.15) is 0 Å². The lowest BCUT2D eigenvalue weighted by Gasteiger charge is -2.28. The van der Waals surface area contributed by atoms with E-state index < -0.39 is 0 Å². The first-order valence-electron chi connectivity index (χ1n) is 46.0. The maximum absolute atomic E-state index is 6.99. The van der Waals surface area contributed by atoms with E-state index in [0.29, 0.717) is 62.7 Å². The van der Waals surface area contributed by atoms with E-state index >= 15 is 0 Å². The maximum atomic E-state index is 6.99. The van der Waals surface area contributed by atoms with Crippen LogP contribution in [0.3, 0.4) is 0 Å². The fraction of sp³-hybridized carbons (Fsp3) is 0.742. The topological polar surface area (TPSA) is 85.1 Å². The molecule has 0 aromatic heterocycles. The van der Waals surface area contributed by atoms with Gasteiger partial charge in [-0.15, -0.1) is 5.10 Å². The number of hydrazone groups is 1. The van der Waals surface area contributed by atoms with Crippen molar-refractivity contribution < 1.29 is 28.4 Å². The number of rotatable bonds is 75. The quantitative estimate of drug-likeness (QED) is 0.0407. The number of hydrogen-bond donors (Lipinski definition) is 0. The standard InChI is InChI=1S/C97H162N3O6/c1-7-13-19-25-31-37-43-49-55-64-74-101-91-81-86(82-92(102-75-65-56-50-44-38-32-26-20-14-8-2)95(91)105-78-68-59-53-47-41-35-29-23-17-11-5)85-72-73-90-89(80-85)98-97(99-100(90)88-70-62-61-63-71-88)87-83-93(103-76-66-57-51-45-39-33-27-21-15-9-3)96(106-79-69-60-54-48-42-36-30-24-18-12-6)94(84-87)104-77-67-58-52-46-40-34-28-22-16-10-4/h61-63,70-73,80-84H,7-60,64-69,74-79H2,1-6H3. The number of para-hydroxylation sites is 1. The Bertz CT molecular complexity index is 2620. The van der Waals surface area contributed by atoms with Crippen LogP contribution in [0.2, 0.25) is 0 Å². The molecule has 106 heavy (non-hydrogen) atoms. The van der Waals surface area contributed by atoms with E-state index in [1.165, 1.54) is 315 Å². The van der Waals surface area contributed by atoms with Crippen LogP contribution in [0.25, 0.3) is 11.1 Å². The molecule has 9 heteroatoms. The molecule has 1 radical (unpaired) electrons. The Morgan fingerprint density at radius 3 is 0.755 bits per heavy atom. The summed E-state index contributed by atoms with van der Waals surface area (Å²) in [5.41, 5.74) is 5.59. The first-order chi connectivity index (χ1) is 52.5.